The topological polar surface area (TPSA) is 70.7 Å². The van der Waals surface area contributed by atoms with E-state index < -0.39 is 0 Å². The first-order chi connectivity index (χ1) is 8.24. The van der Waals surface area contributed by atoms with Crippen molar-refractivity contribution in [1.82, 2.24) is 15.2 Å². The number of hydrogen-bond donors (Lipinski definition) is 2. The second-order valence-electron chi connectivity index (χ2n) is 3.49. The van der Waals surface area contributed by atoms with Gasteiger partial charge in [-0.15, -0.1) is 0 Å². The van der Waals surface area contributed by atoms with Gasteiger partial charge in [0.05, 0.1) is 5.75 Å². The van der Waals surface area contributed by atoms with Gasteiger partial charge in [-0.3, -0.25) is 9.89 Å². The van der Waals surface area contributed by atoms with E-state index in [4.69, 9.17) is 0 Å². The molecule has 0 aliphatic heterocycles. The minimum Gasteiger partial charge on any atom is -0.325 e. The first kappa shape index (κ1) is 11.7. The second-order valence-corrected chi connectivity index (χ2v) is 4.46. The van der Waals surface area contributed by atoms with E-state index >= 15 is 0 Å². The van der Waals surface area contributed by atoms with Crippen LogP contribution in [0.5, 0.6) is 0 Å². The largest absolute Gasteiger partial charge is 0.325 e. The molecule has 0 unspecified atom stereocenters. The molecule has 6 heteroatoms. The fraction of sp³-hybridized carbons (Fsp3) is 0.182. The van der Waals surface area contributed by atoms with Crippen LogP contribution in [0.25, 0.3) is 0 Å². The zero-order valence-electron chi connectivity index (χ0n) is 9.30. The first-order valence-electron chi connectivity index (χ1n) is 5.09. The van der Waals surface area contributed by atoms with Gasteiger partial charge in [0, 0.05) is 5.69 Å². The van der Waals surface area contributed by atoms with Crippen LogP contribution in [0.1, 0.15) is 5.56 Å². The van der Waals surface area contributed by atoms with E-state index in [1.807, 2.05) is 31.2 Å². The monoisotopic (exact) mass is 248 g/mol. The third-order valence-electron chi connectivity index (χ3n) is 2.07. The van der Waals surface area contributed by atoms with Crippen LogP contribution >= 0.6 is 11.8 Å². The highest BCUT2D eigenvalue weighted by molar-refractivity contribution is 7.99. The number of carbonyl (C=O) groups excluding carboxylic acids is 1. The normalized spacial score (nSPS) is 10.2. The molecule has 0 bridgehead atoms. The van der Waals surface area contributed by atoms with Gasteiger partial charge >= 0.3 is 0 Å². The number of thioether (sulfide) groups is 1. The maximum absolute atomic E-state index is 11.6. The summed E-state index contributed by atoms with van der Waals surface area (Å²) in [5.74, 6) is 0.249. The summed E-state index contributed by atoms with van der Waals surface area (Å²) in [5, 5.41) is 9.84. The molecule has 0 aliphatic carbocycles. The summed E-state index contributed by atoms with van der Waals surface area (Å²) >= 11 is 1.32. The van der Waals surface area contributed by atoms with Crippen molar-refractivity contribution in [3.63, 3.8) is 0 Å². The van der Waals surface area contributed by atoms with Crippen molar-refractivity contribution in [2.45, 2.75) is 12.1 Å². The smallest absolute Gasteiger partial charge is 0.234 e. The molecule has 1 amide bonds. The average Bonchev–Trinajstić information content (AvgIpc) is 2.83. The number of aromatic nitrogens is 3. The highest BCUT2D eigenvalue weighted by Gasteiger charge is 2.04. The Bertz CT molecular complexity index is 481. The summed E-state index contributed by atoms with van der Waals surface area (Å²) in [4.78, 5) is 15.5. The van der Waals surface area contributed by atoms with Gasteiger partial charge in [-0.05, 0) is 19.1 Å². The molecule has 17 heavy (non-hydrogen) atoms. The van der Waals surface area contributed by atoms with Crippen molar-refractivity contribution in [1.29, 1.82) is 0 Å². The van der Waals surface area contributed by atoms with Gasteiger partial charge in [-0.2, -0.15) is 5.10 Å². The van der Waals surface area contributed by atoms with Crippen LogP contribution in [0.2, 0.25) is 0 Å². The molecule has 0 fully saturated rings. The van der Waals surface area contributed by atoms with Crippen molar-refractivity contribution in [2.24, 2.45) is 0 Å². The van der Waals surface area contributed by atoms with Gasteiger partial charge in [0.2, 0.25) is 5.91 Å². The molecular formula is C11H12N4OS. The molecule has 1 heterocycles. The summed E-state index contributed by atoms with van der Waals surface area (Å²) < 4.78 is 0. The van der Waals surface area contributed by atoms with Crippen LogP contribution in [0, 0.1) is 6.92 Å². The number of nitrogens with zero attached hydrogens (tertiary/aromatic N) is 2. The molecule has 0 saturated heterocycles. The molecule has 0 aliphatic rings. The molecule has 2 aromatic rings. The number of H-pyrrole nitrogens is 1. The third-order valence-corrected chi connectivity index (χ3v) is 2.94. The van der Waals surface area contributed by atoms with Gasteiger partial charge in [-0.25, -0.2) is 4.98 Å². The number of nitrogens with one attached hydrogen (secondary N) is 2. The van der Waals surface area contributed by atoms with Crippen LogP contribution in [-0.2, 0) is 4.79 Å². The molecule has 1 aromatic carbocycles. The standard InChI is InChI=1S/C11H12N4OS/c1-8-2-4-9(5-3-8)14-10(16)6-17-11-12-7-13-15-11/h2-5,7H,6H2,1H3,(H,14,16)(H,12,13,15). The maximum atomic E-state index is 11.6. The molecule has 0 atom stereocenters. The number of rotatable bonds is 4. The Morgan fingerprint density at radius 2 is 2.18 bits per heavy atom. The van der Waals surface area contributed by atoms with Crippen molar-refractivity contribution in [2.75, 3.05) is 11.1 Å². The second kappa shape index (κ2) is 5.49. The van der Waals surface area contributed by atoms with E-state index in [-0.39, 0.29) is 5.91 Å². The number of benzene rings is 1. The maximum Gasteiger partial charge on any atom is 0.234 e. The number of aryl methyl sites for hydroxylation is 1. The van der Waals surface area contributed by atoms with Gasteiger partial charge in [0.25, 0.3) is 0 Å². The van der Waals surface area contributed by atoms with Crippen LogP contribution in [0.4, 0.5) is 5.69 Å². The van der Waals surface area contributed by atoms with E-state index in [1.54, 1.807) is 0 Å². The molecule has 88 valence electrons. The zero-order chi connectivity index (χ0) is 12.1. The van der Waals surface area contributed by atoms with E-state index in [9.17, 15) is 4.79 Å². The summed E-state index contributed by atoms with van der Waals surface area (Å²) in [7, 11) is 0. The lowest BCUT2D eigenvalue weighted by Crippen LogP contribution is -2.14. The van der Waals surface area contributed by atoms with Gasteiger partial charge in [0.1, 0.15) is 6.33 Å². The molecule has 0 radical (unpaired) electrons. The third kappa shape index (κ3) is 3.60. The van der Waals surface area contributed by atoms with E-state index in [0.29, 0.717) is 10.9 Å². The molecule has 5 nitrogen and oxygen atoms in total. The summed E-state index contributed by atoms with van der Waals surface area (Å²) in [6, 6.07) is 7.68. The molecule has 2 rings (SSSR count). The molecule has 0 spiro atoms. The lowest BCUT2D eigenvalue weighted by molar-refractivity contribution is -0.113. The van der Waals surface area contributed by atoms with E-state index in [0.717, 1.165) is 5.69 Å². The van der Waals surface area contributed by atoms with Crippen molar-refractivity contribution < 1.29 is 4.79 Å². The number of anilines is 1. The fourth-order valence-corrected chi connectivity index (χ4v) is 1.81. The Balaban J connectivity index is 1.83. The van der Waals surface area contributed by atoms with Crippen molar-refractivity contribution >= 4 is 23.4 Å². The van der Waals surface area contributed by atoms with Crippen LogP contribution in [-0.4, -0.2) is 26.8 Å². The zero-order valence-corrected chi connectivity index (χ0v) is 10.1. The SMILES string of the molecule is Cc1ccc(NC(=O)CSc2ncn[nH]2)cc1. The summed E-state index contributed by atoms with van der Waals surface area (Å²) in [6.07, 6.45) is 1.42. The molecule has 0 saturated carbocycles. The quantitative estimate of drug-likeness (QED) is 0.810. The molecular weight excluding hydrogens is 236 g/mol. The highest BCUT2D eigenvalue weighted by Crippen LogP contribution is 2.12. The Morgan fingerprint density at radius 3 is 2.82 bits per heavy atom. The number of aromatic amines is 1. The lowest BCUT2D eigenvalue weighted by Gasteiger charge is -2.04. The highest BCUT2D eigenvalue weighted by atomic mass is 32.2. The van der Waals surface area contributed by atoms with Crippen LogP contribution in [0.3, 0.4) is 0 Å². The minimum absolute atomic E-state index is 0.0600. The van der Waals surface area contributed by atoms with Gasteiger partial charge in [0.15, 0.2) is 5.16 Å². The Kier molecular flexibility index (Phi) is 3.77. The fourth-order valence-electron chi connectivity index (χ4n) is 1.23. The molecule has 2 N–H and O–H groups in total. The Hall–Kier alpha value is -1.82. The van der Waals surface area contributed by atoms with Gasteiger partial charge < -0.3 is 5.32 Å². The van der Waals surface area contributed by atoms with Crippen molar-refractivity contribution in [3.05, 3.63) is 36.2 Å². The Morgan fingerprint density at radius 1 is 1.41 bits per heavy atom. The van der Waals surface area contributed by atoms with Crippen molar-refractivity contribution in [3.8, 4) is 0 Å². The predicted octanol–water partition coefficient (Wildman–Crippen LogP) is 1.84. The van der Waals surface area contributed by atoms with E-state index in [2.05, 4.69) is 20.5 Å². The molecule has 1 aromatic heterocycles. The number of hydrogen-bond acceptors (Lipinski definition) is 4. The summed E-state index contributed by atoms with van der Waals surface area (Å²) in [6.45, 7) is 2.01. The minimum atomic E-state index is -0.0600. The lowest BCUT2D eigenvalue weighted by atomic mass is 10.2. The predicted molar refractivity (Wildman–Crippen MR) is 66.9 cm³/mol. The average molecular weight is 248 g/mol. The number of carbonyl (C=O) groups is 1. The Labute approximate surface area is 103 Å². The van der Waals surface area contributed by atoms with E-state index in [1.165, 1.54) is 23.7 Å². The number of amides is 1. The van der Waals surface area contributed by atoms with Crippen LogP contribution in [0.15, 0.2) is 35.7 Å². The van der Waals surface area contributed by atoms with Gasteiger partial charge in [-0.1, -0.05) is 29.5 Å². The first-order valence-corrected chi connectivity index (χ1v) is 6.07. The summed E-state index contributed by atoms with van der Waals surface area (Å²) in [5.41, 5.74) is 1.97. The van der Waals surface area contributed by atoms with Crippen LogP contribution < -0.4 is 5.32 Å².